The fourth-order valence-corrected chi connectivity index (χ4v) is 1.24. The second-order valence-electron chi connectivity index (χ2n) is 2.58. The molecule has 1 aliphatic carbocycles. The van der Waals surface area contributed by atoms with E-state index in [4.69, 9.17) is 0 Å². The fourth-order valence-electron chi connectivity index (χ4n) is 1.24. The van der Waals surface area contributed by atoms with Gasteiger partial charge in [-0.25, -0.2) is 0 Å². The van der Waals surface area contributed by atoms with Gasteiger partial charge in [-0.15, -0.1) is 0 Å². The summed E-state index contributed by atoms with van der Waals surface area (Å²) in [5.74, 6) is 0. The first-order chi connectivity index (χ1) is 4.43. The van der Waals surface area contributed by atoms with Crippen LogP contribution in [0.3, 0.4) is 0 Å². The van der Waals surface area contributed by atoms with Crippen molar-refractivity contribution in [3.05, 3.63) is 11.8 Å². The van der Waals surface area contributed by atoms with E-state index in [1.807, 2.05) is 7.05 Å². The maximum absolute atomic E-state index is 3.20. The third-order valence-electron chi connectivity index (χ3n) is 1.86. The average Bonchev–Trinajstić information content (AvgIpc) is 2.13. The van der Waals surface area contributed by atoms with E-state index in [0.29, 0.717) is 0 Å². The van der Waals surface area contributed by atoms with Crippen molar-refractivity contribution in [2.45, 2.75) is 32.1 Å². The molecule has 0 aromatic carbocycles. The Kier molecular flexibility index (Phi) is 2.62. The van der Waals surface area contributed by atoms with Crippen LogP contribution in [0.1, 0.15) is 32.1 Å². The first-order valence-electron chi connectivity index (χ1n) is 3.80. The van der Waals surface area contributed by atoms with Crippen molar-refractivity contribution < 1.29 is 0 Å². The Morgan fingerprint density at radius 2 is 2.22 bits per heavy atom. The summed E-state index contributed by atoms with van der Waals surface area (Å²) < 4.78 is 0. The Hall–Kier alpha value is -0.460. The molecule has 0 amide bonds. The SMILES string of the molecule is CNC1=CCCCCC1. The minimum Gasteiger partial charge on any atom is -0.392 e. The third kappa shape index (κ3) is 2.08. The van der Waals surface area contributed by atoms with E-state index >= 15 is 0 Å². The van der Waals surface area contributed by atoms with Crippen LogP contribution in [0.25, 0.3) is 0 Å². The van der Waals surface area contributed by atoms with Gasteiger partial charge in [0.05, 0.1) is 0 Å². The van der Waals surface area contributed by atoms with Crippen LogP contribution in [0, 0.1) is 0 Å². The second kappa shape index (κ2) is 3.54. The van der Waals surface area contributed by atoms with Crippen molar-refractivity contribution in [1.29, 1.82) is 0 Å². The number of allylic oxidation sites excluding steroid dienone is 2. The zero-order valence-corrected chi connectivity index (χ0v) is 6.11. The summed E-state index contributed by atoms with van der Waals surface area (Å²) in [5.41, 5.74) is 1.44. The summed E-state index contributed by atoms with van der Waals surface area (Å²) in [7, 11) is 2.01. The molecule has 1 nitrogen and oxygen atoms in total. The van der Waals surface area contributed by atoms with Gasteiger partial charge in [0.25, 0.3) is 0 Å². The van der Waals surface area contributed by atoms with Gasteiger partial charge in [-0.05, 0) is 25.7 Å². The largest absolute Gasteiger partial charge is 0.392 e. The molecule has 1 heteroatoms. The van der Waals surface area contributed by atoms with E-state index in [-0.39, 0.29) is 0 Å². The van der Waals surface area contributed by atoms with Gasteiger partial charge in [0.15, 0.2) is 0 Å². The predicted molar refractivity (Wildman–Crippen MR) is 40.2 cm³/mol. The number of hydrogen-bond donors (Lipinski definition) is 1. The van der Waals surface area contributed by atoms with Gasteiger partial charge in [-0.3, -0.25) is 0 Å². The Morgan fingerprint density at radius 1 is 1.33 bits per heavy atom. The molecule has 0 unspecified atom stereocenters. The quantitative estimate of drug-likeness (QED) is 0.565. The highest BCUT2D eigenvalue weighted by atomic mass is 14.8. The van der Waals surface area contributed by atoms with Gasteiger partial charge >= 0.3 is 0 Å². The van der Waals surface area contributed by atoms with Crippen molar-refractivity contribution in [2.75, 3.05) is 7.05 Å². The maximum Gasteiger partial charge on any atom is 0.00635 e. The van der Waals surface area contributed by atoms with Crippen LogP contribution in [0.5, 0.6) is 0 Å². The molecule has 9 heavy (non-hydrogen) atoms. The van der Waals surface area contributed by atoms with Gasteiger partial charge in [-0.1, -0.05) is 12.5 Å². The molecule has 0 aliphatic heterocycles. The molecule has 0 fully saturated rings. The van der Waals surface area contributed by atoms with Gasteiger partial charge in [0.1, 0.15) is 0 Å². The van der Waals surface area contributed by atoms with Gasteiger partial charge < -0.3 is 5.32 Å². The summed E-state index contributed by atoms with van der Waals surface area (Å²) in [6, 6.07) is 0. The molecule has 52 valence electrons. The lowest BCUT2D eigenvalue weighted by Crippen LogP contribution is -2.04. The lowest BCUT2D eigenvalue weighted by molar-refractivity contribution is 0.699. The lowest BCUT2D eigenvalue weighted by atomic mass is 10.2. The number of hydrogen-bond acceptors (Lipinski definition) is 1. The van der Waals surface area contributed by atoms with Crippen molar-refractivity contribution in [1.82, 2.24) is 5.32 Å². The predicted octanol–water partition coefficient (Wildman–Crippen LogP) is 2.05. The summed E-state index contributed by atoms with van der Waals surface area (Å²) >= 11 is 0. The molecule has 0 atom stereocenters. The smallest absolute Gasteiger partial charge is 0.00635 e. The van der Waals surface area contributed by atoms with E-state index in [1.165, 1.54) is 37.8 Å². The van der Waals surface area contributed by atoms with Crippen molar-refractivity contribution in [3.8, 4) is 0 Å². The van der Waals surface area contributed by atoms with Crippen LogP contribution in [0.15, 0.2) is 11.8 Å². The summed E-state index contributed by atoms with van der Waals surface area (Å²) in [4.78, 5) is 0. The minimum atomic E-state index is 1.26. The van der Waals surface area contributed by atoms with Crippen LogP contribution in [0.2, 0.25) is 0 Å². The molecule has 0 saturated carbocycles. The van der Waals surface area contributed by atoms with Crippen molar-refractivity contribution >= 4 is 0 Å². The molecule has 1 rings (SSSR count). The zero-order valence-electron chi connectivity index (χ0n) is 6.11. The van der Waals surface area contributed by atoms with Crippen molar-refractivity contribution in [3.63, 3.8) is 0 Å². The van der Waals surface area contributed by atoms with Crippen LogP contribution in [0.4, 0.5) is 0 Å². The zero-order chi connectivity index (χ0) is 6.53. The first kappa shape index (κ1) is 6.66. The Labute approximate surface area is 57.1 Å². The molecule has 1 aliphatic rings. The van der Waals surface area contributed by atoms with E-state index in [2.05, 4.69) is 11.4 Å². The van der Waals surface area contributed by atoms with Crippen LogP contribution in [-0.4, -0.2) is 7.05 Å². The minimum absolute atomic E-state index is 1.26. The lowest BCUT2D eigenvalue weighted by Gasteiger charge is -2.01. The van der Waals surface area contributed by atoms with E-state index in [1.54, 1.807) is 0 Å². The molecule has 0 radical (unpaired) electrons. The second-order valence-corrected chi connectivity index (χ2v) is 2.58. The van der Waals surface area contributed by atoms with Crippen LogP contribution < -0.4 is 5.32 Å². The molecule has 0 bridgehead atoms. The summed E-state index contributed by atoms with van der Waals surface area (Å²) in [5, 5.41) is 3.20. The van der Waals surface area contributed by atoms with Gasteiger partial charge in [0, 0.05) is 12.7 Å². The van der Waals surface area contributed by atoms with Crippen LogP contribution in [-0.2, 0) is 0 Å². The van der Waals surface area contributed by atoms with Gasteiger partial charge in [0.2, 0.25) is 0 Å². The topological polar surface area (TPSA) is 12.0 Å². The van der Waals surface area contributed by atoms with Crippen molar-refractivity contribution in [2.24, 2.45) is 0 Å². The Balaban J connectivity index is 2.37. The standard InChI is InChI=1S/C8H15N/c1-9-8-6-4-2-3-5-7-8/h6,9H,2-5,7H2,1H3. The van der Waals surface area contributed by atoms with E-state index < -0.39 is 0 Å². The highest BCUT2D eigenvalue weighted by molar-refractivity contribution is 4.99. The molecule has 0 spiro atoms. The molecular formula is C8H15N. The Bertz CT molecular complexity index is 105. The highest BCUT2D eigenvalue weighted by Gasteiger charge is 1.98. The fraction of sp³-hybridized carbons (Fsp3) is 0.750. The van der Waals surface area contributed by atoms with Crippen LogP contribution >= 0.6 is 0 Å². The normalized spacial score (nSPS) is 20.3. The molecular weight excluding hydrogens is 110 g/mol. The average molecular weight is 125 g/mol. The number of rotatable bonds is 1. The monoisotopic (exact) mass is 125 g/mol. The highest BCUT2D eigenvalue weighted by Crippen LogP contribution is 2.14. The van der Waals surface area contributed by atoms with E-state index in [0.717, 1.165) is 0 Å². The molecule has 1 N–H and O–H groups in total. The molecule has 0 aromatic rings. The molecule has 0 aromatic heterocycles. The maximum atomic E-state index is 3.20. The van der Waals surface area contributed by atoms with E-state index in [9.17, 15) is 0 Å². The molecule has 0 heterocycles. The third-order valence-corrected chi connectivity index (χ3v) is 1.86. The first-order valence-corrected chi connectivity index (χ1v) is 3.80. The number of nitrogens with one attached hydrogen (secondary N) is 1. The summed E-state index contributed by atoms with van der Waals surface area (Å²) in [6.45, 7) is 0. The molecule has 0 saturated heterocycles. The Morgan fingerprint density at radius 3 is 3.00 bits per heavy atom. The summed E-state index contributed by atoms with van der Waals surface area (Å²) in [6.07, 6.45) is 9.01. The van der Waals surface area contributed by atoms with Gasteiger partial charge in [-0.2, -0.15) is 0 Å².